The summed E-state index contributed by atoms with van der Waals surface area (Å²) < 4.78 is 23.2. The van der Waals surface area contributed by atoms with E-state index in [9.17, 15) is 9.59 Å². The number of rotatable bonds is 8. The molecule has 2 aliphatic heterocycles. The monoisotopic (exact) mass is 635 g/mol. The van der Waals surface area contributed by atoms with Gasteiger partial charge in [0.2, 0.25) is 6.79 Å². The number of ether oxygens (including phenoxy) is 4. The number of amides is 2. The summed E-state index contributed by atoms with van der Waals surface area (Å²) in [5.74, 6) is 1.69. The Balaban J connectivity index is 1.35. The van der Waals surface area contributed by atoms with Crippen LogP contribution >= 0.6 is 50.9 Å². The third kappa shape index (κ3) is 5.76. The molecule has 5 rings (SSSR count). The number of carbonyl (C=O) groups excluding carboxylic acids is 2. The first-order chi connectivity index (χ1) is 18.3. The average Bonchev–Trinajstić information content (AvgIpc) is 3.44. The van der Waals surface area contributed by atoms with Crippen LogP contribution < -0.4 is 18.9 Å². The highest BCUT2D eigenvalue weighted by Gasteiger charge is 2.36. The van der Waals surface area contributed by atoms with Gasteiger partial charge in [0.25, 0.3) is 11.1 Å². The van der Waals surface area contributed by atoms with Gasteiger partial charge in [-0.2, -0.15) is 0 Å². The van der Waals surface area contributed by atoms with Crippen LogP contribution in [0, 0.1) is 0 Å². The molecule has 0 N–H and O–H groups in total. The topological polar surface area (TPSA) is 74.3 Å². The lowest BCUT2D eigenvalue weighted by atomic mass is 10.1. The number of hydrogen-bond donors (Lipinski definition) is 0. The highest BCUT2D eigenvalue weighted by Crippen LogP contribution is 2.41. The van der Waals surface area contributed by atoms with Gasteiger partial charge >= 0.3 is 0 Å². The summed E-state index contributed by atoms with van der Waals surface area (Å²) in [6, 6.07) is 14.3. The molecular weight excluding hydrogens is 617 g/mol. The van der Waals surface area contributed by atoms with E-state index in [-0.39, 0.29) is 23.5 Å². The molecule has 1 fully saturated rings. The molecule has 11 heteroatoms. The first-order valence-electron chi connectivity index (χ1n) is 11.5. The van der Waals surface area contributed by atoms with Crippen molar-refractivity contribution in [1.82, 2.24) is 4.90 Å². The predicted molar refractivity (Wildman–Crippen MR) is 150 cm³/mol. The molecule has 0 aliphatic carbocycles. The average molecular weight is 637 g/mol. The van der Waals surface area contributed by atoms with Gasteiger partial charge in [-0.3, -0.25) is 14.5 Å². The molecule has 0 unspecified atom stereocenters. The number of benzene rings is 3. The molecule has 2 amide bonds. The molecule has 3 aromatic carbocycles. The zero-order chi connectivity index (χ0) is 26.8. The van der Waals surface area contributed by atoms with Crippen LogP contribution in [0.25, 0.3) is 6.08 Å². The summed E-state index contributed by atoms with van der Waals surface area (Å²) in [6.07, 6.45) is 1.66. The summed E-state index contributed by atoms with van der Waals surface area (Å²) in [5, 5.41) is 0.649. The minimum atomic E-state index is -0.411. The maximum absolute atomic E-state index is 13.2. The van der Waals surface area contributed by atoms with Gasteiger partial charge < -0.3 is 18.9 Å². The maximum atomic E-state index is 13.2. The molecule has 0 bridgehead atoms. The Morgan fingerprint density at radius 1 is 1.05 bits per heavy atom. The van der Waals surface area contributed by atoms with Crippen molar-refractivity contribution in [2.45, 2.75) is 20.1 Å². The SMILES string of the molecule is CCOc1cc(/C=C2\SC(=O)N(Cc3cc4c(cc3Cl)OCO4)C2=O)cc(Br)c1OCc1ccc(Cl)cc1. The first kappa shape index (κ1) is 26.7. The van der Waals surface area contributed by atoms with E-state index in [1.54, 1.807) is 36.4 Å². The molecule has 2 heterocycles. The van der Waals surface area contributed by atoms with E-state index < -0.39 is 5.91 Å². The Hall–Kier alpha value is -2.85. The predicted octanol–water partition coefficient (Wildman–Crippen LogP) is 7.70. The normalized spacial score (nSPS) is 15.5. The Bertz CT molecular complexity index is 1450. The lowest BCUT2D eigenvalue weighted by molar-refractivity contribution is -0.123. The lowest BCUT2D eigenvalue weighted by Gasteiger charge is -2.15. The van der Waals surface area contributed by atoms with Crippen LogP contribution in [0.15, 0.2) is 57.9 Å². The second kappa shape index (κ2) is 11.5. The minimum Gasteiger partial charge on any atom is -0.490 e. The molecule has 0 aromatic heterocycles. The van der Waals surface area contributed by atoms with Crippen LogP contribution in [0.5, 0.6) is 23.0 Å². The van der Waals surface area contributed by atoms with Gasteiger partial charge in [-0.1, -0.05) is 35.3 Å². The van der Waals surface area contributed by atoms with Crippen molar-refractivity contribution in [3.8, 4) is 23.0 Å². The van der Waals surface area contributed by atoms with Crippen LogP contribution in [0.3, 0.4) is 0 Å². The summed E-state index contributed by atoms with van der Waals surface area (Å²) in [6.45, 7) is 2.72. The van der Waals surface area contributed by atoms with E-state index in [1.165, 1.54) is 0 Å². The molecule has 0 spiro atoms. The fourth-order valence-electron chi connectivity index (χ4n) is 3.85. The van der Waals surface area contributed by atoms with Crippen molar-refractivity contribution >= 4 is 68.1 Å². The summed E-state index contributed by atoms with van der Waals surface area (Å²) in [7, 11) is 0. The lowest BCUT2D eigenvalue weighted by Crippen LogP contribution is -2.27. The van der Waals surface area contributed by atoms with Crippen molar-refractivity contribution in [1.29, 1.82) is 0 Å². The van der Waals surface area contributed by atoms with Gasteiger partial charge in [0.15, 0.2) is 23.0 Å². The van der Waals surface area contributed by atoms with Crippen molar-refractivity contribution in [3.05, 3.63) is 84.6 Å². The van der Waals surface area contributed by atoms with Gasteiger partial charge in [-0.15, -0.1) is 0 Å². The molecule has 0 radical (unpaired) electrons. The van der Waals surface area contributed by atoms with Gasteiger partial charge in [-0.25, -0.2) is 0 Å². The highest BCUT2D eigenvalue weighted by atomic mass is 79.9. The molecule has 2 aliphatic rings. The third-order valence-corrected chi connectivity index (χ3v) is 7.77. The van der Waals surface area contributed by atoms with Gasteiger partial charge in [0.05, 0.1) is 22.5 Å². The fraction of sp³-hybridized carbons (Fsp3) is 0.185. The molecular formula is C27H20BrCl2NO6S. The Morgan fingerprint density at radius 3 is 2.53 bits per heavy atom. The maximum Gasteiger partial charge on any atom is 0.293 e. The summed E-state index contributed by atoms with van der Waals surface area (Å²) >= 11 is 16.7. The van der Waals surface area contributed by atoms with E-state index in [2.05, 4.69) is 15.9 Å². The second-order valence-electron chi connectivity index (χ2n) is 8.24. The van der Waals surface area contributed by atoms with Crippen molar-refractivity contribution in [2.75, 3.05) is 13.4 Å². The van der Waals surface area contributed by atoms with Crippen molar-refractivity contribution in [3.63, 3.8) is 0 Å². The van der Waals surface area contributed by atoms with Crippen molar-refractivity contribution < 1.29 is 28.5 Å². The Kier molecular flexibility index (Phi) is 8.09. The molecule has 0 saturated carbocycles. The van der Waals surface area contributed by atoms with Crippen LogP contribution in [-0.4, -0.2) is 29.4 Å². The molecule has 3 aromatic rings. The van der Waals surface area contributed by atoms with E-state index in [1.807, 2.05) is 25.1 Å². The van der Waals surface area contributed by atoms with Crippen LogP contribution in [0.1, 0.15) is 23.6 Å². The van der Waals surface area contributed by atoms with Crippen LogP contribution in [-0.2, 0) is 17.9 Å². The number of thioether (sulfide) groups is 1. The number of hydrogen-bond acceptors (Lipinski definition) is 7. The molecule has 1 saturated heterocycles. The third-order valence-electron chi connectivity index (χ3n) is 5.67. The largest absolute Gasteiger partial charge is 0.490 e. The Morgan fingerprint density at radius 2 is 1.79 bits per heavy atom. The smallest absolute Gasteiger partial charge is 0.293 e. The Labute approximate surface area is 241 Å². The number of imide groups is 1. The number of carbonyl (C=O) groups is 2. The van der Waals surface area contributed by atoms with Gasteiger partial charge in [-0.05, 0) is 87.7 Å². The van der Waals surface area contributed by atoms with Gasteiger partial charge in [0, 0.05) is 16.1 Å². The molecule has 196 valence electrons. The molecule has 38 heavy (non-hydrogen) atoms. The van der Waals surface area contributed by atoms with Crippen LogP contribution in [0.2, 0.25) is 10.0 Å². The van der Waals surface area contributed by atoms with Crippen molar-refractivity contribution in [2.24, 2.45) is 0 Å². The van der Waals surface area contributed by atoms with E-state index >= 15 is 0 Å². The van der Waals surface area contributed by atoms with E-state index in [4.69, 9.17) is 42.1 Å². The summed E-state index contributed by atoms with van der Waals surface area (Å²) in [5.41, 5.74) is 2.21. The molecule has 0 atom stereocenters. The standard InChI is InChI=1S/C27H20BrCl2NO6S/c1-2-34-23-8-16(7-19(28)25(23)35-13-15-3-5-18(29)6-4-15)9-24-26(32)31(27(33)38-24)12-17-10-21-22(11-20(17)30)37-14-36-21/h3-11H,2,12-14H2,1H3/b24-9-. The minimum absolute atomic E-state index is 0.0167. The van der Waals surface area contributed by atoms with Crippen LogP contribution in [0.4, 0.5) is 4.79 Å². The summed E-state index contributed by atoms with van der Waals surface area (Å²) in [4.78, 5) is 27.3. The van der Waals surface area contributed by atoms with Gasteiger partial charge in [0.1, 0.15) is 6.61 Å². The van der Waals surface area contributed by atoms with E-state index in [0.29, 0.717) is 61.9 Å². The quantitative estimate of drug-likeness (QED) is 0.235. The number of nitrogens with zero attached hydrogens (tertiary/aromatic N) is 1. The molecule has 7 nitrogen and oxygen atoms in total. The van der Waals surface area contributed by atoms with E-state index in [0.717, 1.165) is 22.2 Å². The highest BCUT2D eigenvalue weighted by molar-refractivity contribution is 9.10. The zero-order valence-electron chi connectivity index (χ0n) is 20.0. The fourth-order valence-corrected chi connectivity index (χ4v) is 5.60. The number of halogens is 3. The zero-order valence-corrected chi connectivity index (χ0v) is 23.9. The number of fused-ring (bicyclic) bond motifs is 1. The second-order valence-corrected chi connectivity index (χ2v) is 10.9. The first-order valence-corrected chi connectivity index (χ1v) is 13.9.